The van der Waals surface area contributed by atoms with Gasteiger partial charge in [0.15, 0.2) is 6.29 Å². The second-order valence-electron chi connectivity index (χ2n) is 5.54. The van der Waals surface area contributed by atoms with Crippen molar-refractivity contribution in [3.8, 4) is 5.75 Å². The monoisotopic (exact) mass is 364 g/mol. The van der Waals surface area contributed by atoms with Gasteiger partial charge in [0.25, 0.3) is 5.78 Å². The topological polar surface area (TPSA) is 71.1 Å². The first-order chi connectivity index (χ1) is 12.2. The van der Waals surface area contributed by atoms with Gasteiger partial charge in [0.2, 0.25) is 0 Å². The molecule has 1 aromatic heterocycles. The number of ether oxygens (including phenoxy) is 4. The molecule has 1 aliphatic heterocycles. The van der Waals surface area contributed by atoms with E-state index in [0.29, 0.717) is 36.3 Å². The summed E-state index contributed by atoms with van der Waals surface area (Å²) < 4.78 is 22.4. The molecule has 0 N–H and O–H groups in total. The van der Waals surface area contributed by atoms with Gasteiger partial charge in [-0.15, -0.1) is 11.3 Å². The molecule has 25 heavy (non-hydrogen) atoms. The summed E-state index contributed by atoms with van der Waals surface area (Å²) in [6, 6.07) is 5.56. The molecule has 1 fully saturated rings. The fourth-order valence-electron chi connectivity index (χ4n) is 2.76. The molecule has 6 nitrogen and oxygen atoms in total. The number of rotatable bonds is 6. The van der Waals surface area contributed by atoms with Crippen LogP contribution < -0.4 is 4.74 Å². The van der Waals surface area contributed by atoms with E-state index in [4.69, 9.17) is 14.2 Å². The number of hydrogen-bond donors (Lipinski definition) is 0. The summed E-state index contributed by atoms with van der Waals surface area (Å²) in [7, 11) is 1.20. The van der Waals surface area contributed by atoms with Crippen LogP contribution >= 0.6 is 11.3 Å². The second-order valence-corrected chi connectivity index (χ2v) is 6.68. The van der Waals surface area contributed by atoms with Gasteiger partial charge in [0, 0.05) is 15.0 Å². The van der Waals surface area contributed by atoms with Crippen molar-refractivity contribution >= 4 is 33.2 Å². The van der Waals surface area contributed by atoms with Gasteiger partial charge >= 0.3 is 5.97 Å². The minimum absolute atomic E-state index is 0.224. The number of ketones is 1. The van der Waals surface area contributed by atoms with Gasteiger partial charge in [0.05, 0.1) is 25.9 Å². The van der Waals surface area contributed by atoms with Crippen LogP contribution in [0.1, 0.15) is 28.6 Å². The minimum atomic E-state index is -0.872. The fourth-order valence-corrected chi connectivity index (χ4v) is 3.92. The lowest BCUT2D eigenvalue weighted by molar-refractivity contribution is -0.190. The molecule has 0 amide bonds. The summed E-state index contributed by atoms with van der Waals surface area (Å²) >= 11 is 1.48. The molecule has 2 aromatic rings. The maximum Gasteiger partial charge on any atom is 0.379 e. The van der Waals surface area contributed by atoms with Crippen LogP contribution in [0.5, 0.6) is 5.75 Å². The zero-order chi connectivity index (χ0) is 17.8. The molecule has 0 radical (unpaired) electrons. The lowest BCUT2D eigenvalue weighted by Crippen LogP contribution is -2.30. The molecule has 0 aliphatic carbocycles. The number of Topliss-reactive ketones (excluding diaryl/α,β-unsaturated/α-hetero) is 1. The Morgan fingerprint density at radius 2 is 2.04 bits per heavy atom. The smallest absolute Gasteiger partial charge is 0.379 e. The Morgan fingerprint density at radius 1 is 1.28 bits per heavy atom. The quantitative estimate of drug-likeness (QED) is 0.446. The summed E-state index contributed by atoms with van der Waals surface area (Å²) in [5.41, 5.74) is 0.371. The van der Waals surface area contributed by atoms with Gasteiger partial charge in [-0.2, -0.15) is 0 Å². The third kappa shape index (κ3) is 3.68. The highest BCUT2D eigenvalue weighted by Crippen LogP contribution is 2.38. The number of hydrogen-bond acceptors (Lipinski definition) is 7. The molecular formula is C18H20O6S. The van der Waals surface area contributed by atoms with Gasteiger partial charge in [-0.1, -0.05) is 13.0 Å². The van der Waals surface area contributed by atoms with E-state index in [9.17, 15) is 9.59 Å². The second kappa shape index (κ2) is 7.95. The van der Waals surface area contributed by atoms with Crippen molar-refractivity contribution < 1.29 is 28.5 Å². The Hall–Kier alpha value is -1.96. The van der Waals surface area contributed by atoms with E-state index in [0.717, 1.165) is 16.0 Å². The van der Waals surface area contributed by atoms with Crippen LogP contribution in [0.15, 0.2) is 18.2 Å². The molecule has 0 saturated carbocycles. The summed E-state index contributed by atoms with van der Waals surface area (Å²) in [6.07, 6.45) is 1.09. The number of fused-ring (bicyclic) bond motifs is 1. The highest BCUT2D eigenvalue weighted by atomic mass is 32.1. The molecule has 0 bridgehead atoms. The average molecular weight is 364 g/mol. The molecule has 1 aliphatic rings. The van der Waals surface area contributed by atoms with Gasteiger partial charge in [-0.05, 0) is 25.0 Å². The van der Waals surface area contributed by atoms with Crippen LogP contribution in [0.25, 0.3) is 10.1 Å². The van der Waals surface area contributed by atoms with Gasteiger partial charge in [-0.3, -0.25) is 4.79 Å². The minimum Gasteiger partial charge on any atom is -0.488 e. The summed E-state index contributed by atoms with van der Waals surface area (Å²) in [5.74, 6) is -0.978. The number of aryl methyl sites for hydroxylation is 1. The summed E-state index contributed by atoms with van der Waals surface area (Å²) in [4.78, 5) is 25.1. The number of carbonyl (C=O) groups excluding carboxylic acids is 2. The first kappa shape index (κ1) is 17.8. The molecular weight excluding hydrogens is 344 g/mol. The average Bonchev–Trinajstić information content (AvgIpc) is 3.05. The molecule has 3 rings (SSSR count). The SMILES string of the molecule is CCc1sc2cccc(OCC3OCCCO3)c2c1C(=O)C(=O)OC. The van der Waals surface area contributed by atoms with Crippen LogP contribution in [0, 0.1) is 0 Å². The molecule has 134 valence electrons. The summed E-state index contributed by atoms with van der Waals surface area (Å²) in [5, 5.41) is 0.649. The van der Waals surface area contributed by atoms with Crippen molar-refractivity contribution in [2.45, 2.75) is 26.1 Å². The summed E-state index contributed by atoms with van der Waals surface area (Å²) in [6.45, 7) is 3.46. The molecule has 2 heterocycles. The van der Waals surface area contributed by atoms with Gasteiger partial charge < -0.3 is 18.9 Å². The third-order valence-electron chi connectivity index (χ3n) is 3.94. The lowest BCUT2D eigenvalue weighted by atomic mass is 10.0. The molecule has 0 spiro atoms. The predicted octanol–water partition coefficient (Wildman–Crippen LogP) is 2.96. The molecule has 0 atom stereocenters. The Balaban J connectivity index is 1.96. The van der Waals surface area contributed by atoms with Crippen LogP contribution in [-0.2, 0) is 25.4 Å². The van der Waals surface area contributed by atoms with Crippen LogP contribution in [-0.4, -0.2) is 45.0 Å². The van der Waals surface area contributed by atoms with E-state index >= 15 is 0 Å². The Kier molecular flexibility index (Phi) is 5.67. The standard InChI is InChI=1S/C18H20O6S/c1-3-12-16(17(19)18(20)21-2)15-11(6-4-7-13(15)25-12)24-10-14-22-8-5-9-23-14/h4,6-7,14H,3,5,8-10H2,1-2H3. The van der Waals surface area contributed by atoms with Crippen LogP contribution in [0.4, 0.5) is 0 Å². The lowest BCUT2D eigenvalue weighted by Gasteiger charge is -2.23. The van der Waals surface area contributed by atoms with E-state index < -0.39 is 18.0 Å². The number of esters is 1. The number of benzene rings is 1. The Morgan fingerprint density at radius 3 is 2.72 bits per heavy atom. The zero-order valence-electron chi connectivity index (χ0n) is 14.2. The number of carbonyl (C=O) groups is 2. The number of thiophene rings is 1. The van der Waals surface area contributed by atoms with E-state index in [2.05, 4.69) is 4.74 Å². The maximum atomic E-state index is 12.5. The van der Waals surface area contributed by atoms with Crippen LogP contribution in [0.2, 0.25) is 0 Å². The first-order valence-corrected chi connectivity index (χ1v) is 9.00. The molecule has 0 unspecified atom stereocenters. The molecule has 7 heteroatoms. The first-order valence-electron chi connectivity index (χ1n) is 8.18. The van der Waals surface area contributed by atoms with Gasteiger partial charge in [-0.25, -0.2) is 4.79 Å². The Labute approximate surface area is 149 Å². The van der Waals surface area contributed by atoms with Crippen LogP contribution in [0.3, 0.4) is 0 Å². The highest BCUT2D eigenvalue weighted by Gasteiger charge is 2.27. The van der Waals surface area contributed by atoms with Crippen molar-refractivity contribution in [2.75, 3.05) is 26.9 Å². The van der Waals surface area contributed by atoms with Gasteiger partial charge in [0.1, 0.15) is 12.4 Å². The van der Waals surface area contributed by atoms with Crippen molar-refractivity contribution in [2.24, 2.45) is 0 Å². The normalized spacial score (nSPS) is 15.3. The van der Waals surface area contributed by atoms with Crippen molar-refractivity contribution in [3.63, 3.8) is 0 Å². The van der Waals surface area contributed by atoms with E-state index in [1.165, 1.54) is 18.4 Å². The predicted molar refractivity (Wildman–Crippen MR) is 93.4 cm³/mol. The highest BCUT2D eigenvalue weighted by molar-refractivity contribution is 7.19. The zero-order valence-corrected chi connectivity index (χ0v) is 15.0. The van der Waals surface area contributed by atoms with Crippen molar-refractivity contribution in [1.82, 2.24) is 0 Å². The maximum absolute atomic E-state index is 12.5. The third-order valence-corrected chi connectivity index (χ3v) is 5.24. The number of methoxy groups -OCH3 is 1. The molecule has 1 aromatic carbocycles. The molecule has 1 saturated heterocycles. The Bertz CT molecular complexity index is 775. The van der Waals surface area contributed by atoms with Crippen molar-refractivity contribution in [3.05, 3.63) is 28.6 Å². The largest absolute Gasteiger partial charge is 0.488 e. The van der Waals surface area contributed by atoms with E-state index in [1.54, 1.807) is 6.07 Å². The van der Waals surface area contributed by atoms with Crippen molar-refractivity contribution in [1.29, 1.82) is 0 Å². The van der Waals surface area contributed by atoms with E-state index in [1.807, 2.05) is 19.1 Å². The fraction of sp³-hybridized carbons (Fsp3) is 0.444. The van der Waals surface area contributed by atoms with E-state index in [-0.39, 0.29) is 6.61 Å².